The molecule has 2 heterocycles. The van der Waals surface area contributed by atoms with E-state index in [0.29, 0.717) is 5.15 Å². The molecule has 0 bridgehead atoms. The van der Waals surface area contributed by atoms with Crippen molar-refractivity contribution in [1.82, 2.24) is 9.97 Å². The standard InChI is InChI=1S/C9H13ClN4/c10-8-4-9(13-6-12-8)14-3-1-2-7(11)5-14/h4,6-7H,1-3,5,11H2. The van der Waals surface area contributed by atoms with Crippen molar-refractivity contribution in [2.45, 2.75) is 18.9 Å². The highest BCUT2D eigenvalue weighted by atomic mass is 35.5. The summed E-state index contributed by atoms with van der Waals surface area (Å²) in [6.45, 7) is 1.86. The van der Waals surface area contributed by atoms with Crippen molar-refractivity contribution in [2.75, 3.05) is 18.0 Å². The van der Waals surface area contributed by atoms with Gasteiger partial charge in [-0.25, -0.2) is 9.97 Å². The third-order valence-corrected chi connectivity index (χ3v) is 2.61. The number of hydrogen-bond donors (Lipinski definition) is 1. The third-order valence-electron chi connectivity index (χ3n) is 2.40. The summed E-state index contributed by atoms with van der Waals surface area (Å²) in [5.41, 5.74) is 5.88. The van der Waals surface area contributed by atoms with Gasteiger partial charge < -0.3 is 10.6 Å². The van der Waals surface area contributed by atoms with E-state index in [2.05, 4.69) is 14.9 Å². The SMILES string of the molecule is NC1CCCN(c2cc(Cl)ncn2)C1. The first kappa shape index (κ1) is 9.68. The summed E-state index contributed by atoms with van der Waals surface area (Å²) in [6.07, 6.45) is 3.69. The Balaban J connectivity index is 2.14. The van der Waals surface area contributed by atoms with Crippen LogP contribution in [0.3, 0.4) is 0 Å². The second kappa shape index (κ2) is 4.11. The molecular formula is C9H13ClN4. The number of hydrogen-bond acceptors (Lipinski definition) is 4. The molecule has 1 aromatic rings. The van der Waals surface area contributed by atoms with Gasteiger partial charge in [0.25, 0.3) is 0 Å². The fourth-order valence-electron chi connectivity index (χ4n) is 1.72. The maximum absolute atomic E-state index is 5.88. The van der Waals surface area contributed by atoms with E-state index in [1.165, 1.54) is 6.33 Å². The molecule has 1 aliphatic rings. The van der Waals surface area contributed by atoms with Crippen molar-refractivity contribution in [3.05, 3.63) is 17.5 Å². The fraction of sp³-hybridized carbons (Fsp3) is 0.556. The first-order valence-corrected chi connectivity index (χ1v) is 5.11. The molecule has 1 aromatic heterocycles. The highest BCUT2D eigenvalue weighted by Gasteiger charge is 2.17. The van der Waals surface area contributed by atoms with E-state index in [0.717, 1.165) is 31.7 Å². The molecule has 76 valence electrons. The molecule has 0 saturated carbocycles. The molecule has 1 aliphatic heterocycles. The minimum Gasteiger partial charge on any atom is -0.355 e. The molecule has 1 fully saturated rings. The van der Waals surface area contributed by atoms with Gasteiger partial charge in [0.1, 0.15) is 17.3 Å². The average molecular weight is 213 g/mol. The molecule has 0 spiro atoms. The van der Waals surface area contributed by atoms with Crippen LogP contribution < -0.4 is 10.6 Å². The second-order valence-electron chi connectivity index (χ2n) is 3.55. The minimum atomic E-state index is 0.248. The summed E-state index contributed by atoms with van der Waals surface area (Å²) in [5, 5.41) is 0.481. The van der Waals surface area contributed by atoms with Crippen molar-refractivity contribution < 1.29 is 0 Å². The van der Waals surface area contributed by atoms with Crippen LogP contribution in [0.4, 0.5) is 5.82 Å². The number of anilines is 1. The molecule has 0 amide bonds. The Labute approximate surface area is 88.1 Å². The molecule has 4 nitrogen and oxygen atoms in total. The van der Waals surface area contributed by atoms with Gasteiger partial charge in [-0.2, -0.15) is 0 Å². The van der Waals surface area contributed by atoms with Crippen molar-refractivity contribution in [1.29, 1.82) is 0 Å². The first-order chi connectivity index (χ1) is 6.75. The minimum absolute atomic E-state index is 0.248. The van der Waals surface area contributed by atoms with Crippen LogP contribution in [0.2, 0.25) is 5.15 Å². The predicted molar refractivity (Wildman–Crippen MR) is 56.5 cm³/mol. The van der Waals surface area contributed by atoms with E-state index >= 15 is 0 Å². The van der Waals surface area contributed by atoms with E-state index in [9.17, 15) is 0 Å². The quantitative estimate of drug-likeness (QED) is 0.708. The highest BCUT2D eigenvalue weighted by Crippen LogP contribution is 2.18. The number of nitrogens with two attached hydrogens (primary N) is 1. The lowest BCUT2D eigenvalue weighted by Crippen LogP contribution is -2.43. The van der Waals surface area contributed by atoms with Gasteiger partial charge >= 0.3 is 0 Å². The number of halogens is 1. The van der Waals surface area contributed by atoms with E-state index in [1.807, 2.05) is 0 Å². The van der Waals surface area contributed by atoms with Crippen LogP contribution in [-0.2, 0) is 0 Å². The van der Waals surface area contributed by atoms with E-state index in [4.69, 9.17) is 17.3 Å². The van der Waals surface area contributed by atoms with Gasteiger partial charge in [-0.05, 0) is 12.8 Å². The maximum atomic E-state index is 5.88. The van der Waals surface area contributed by atoms with Crippen LogP contribution in [0.5, 0.6) is 0 Å². The molecule has 2 N–H and O–H groups in total. The van der Waals surface area contributed by atoms with Crippen molar-refractivity contribution >= 4 is 17.4 Å². The van der Waals surface area contributed by atoms with E-state index < -0.39 is 0 Å². The molecule has 1 atom stereocenters. The summed E-state index contributed by atoms with van der Waals surface area (Å²) in [5.74, 6) is 0.875. The predicted octanol–water partition coefficient (Wildman–Crippen LogP) is 1.06. The Hall–Kier alpha value is -0.870. The van der Waals surface area contributed by atoms with Gasteiger partial charge in [-0.15, -0.1) is 0 Å². The van der Waals surface area contributed by atoms with Gasteiger partial charge in [0.05, 0.1) is 0 Å². The zero-order valence-electron chi connectivity index (χ0n) is 7.86. The second-order valence-corrected chi connectivity index (χ2v) is 3.93. The fourth-order valence-corrected chi connectivity index (χ4v) is 1.86. The molecule has 0 radical (unpaired) electrons. The summed E-state index contributed by atoms with van der Waals surface area (Å²) in [6, 6.07) is 2.03. The molecular weight excluding hydrogens is 200 g/mol. The maximum Gasteiger partial charge on any atom is 0.134 e. The molecule has 5 heteroatoms. The third kappa shape index (κ3) is 2.13. The van der Waals surface area contributed by atoms with Gasteiger partial charge in [-0.1, -0.05) is 11.6 Å². The molecule has 1 unspecified atom stereocenters. The Morgan fingerprint density at radius 1 is 1.50 bits per heavy atom. The van der Waals surface area contributed by atoms with Crippen molar-refractivity contribution in [2.24, 2.45) is 5.73 Å². The Bertz CT molecular complexity index is 317. The highest BCUT2D eigenvalue weighted by molar-refractivity contribution is 6.29. The van der Waals surface area contributed by atoms with Gasteiger partial charge in [0, 0.05) is 25.2 Å². The lowest BCUT2D eigenvalue weighted by molar-refractivity contribution is 0.503. The summed E-state index contributed by atoms with van der Waals surface area (Å²) < 4.78 is 0. The summed E-state index contributed by atoms with van der Waals surface area (Å²) in [7, 11) is 0. The number of nitrogens with zero attached hydrogens (tertiary/aromatic N) is 3. The lowest BCUT2D eigenvalue weighted by Gasteiger charge is -2.31. The van der Waals surface area contributed by atoms with Crippen LogP contribution in [0.1, 0.15) is 12.8 Å². The monoisotopic (exact) mass is 212 g/mol. The molecule has 14 heavy (non-hydrogen) atoms. The Morgan fingerprint density at radius 3 is 3.07 bits per heavy atom. The largest absolute Gasteiger partial charge is 0.355 e. The van der Waals surface area contributed by atoms with Gasteiger partial charge in [-0.3, -0.25) is 0 Å². The lowest BCUT2D eigenvalue weighted by atomic mass is 10.1. The molecule has 0 aliphatic carbocycles. The van der Waals surface area contributed by atoms with Crippen LogP contribution in [0.25, 0.3) is 0 Å². The van der Waals surface area contributed by atoms with Crippen LogP contribution in [-0.4, -0.2) is 29.1 Å². The van der Waals surface area contributed by atoms with Crippen LogP contribution >= 0.6 is 11.6 Å². The average Bonchev–Trinajstić information content (AvgIpc) is 2.18. The van der Waals surface area contributed by atoms with Crippen molar-refractivity contribution in [3.63, 3.8) is 0 Å². The zero-order valence-corrected chi connectivity index (χ0v) is 8.61. The Morgan fingerprint density at radius 2 is 2.36 bits per heavy atom. The van der Waals surface area contributed by atoms with Crippen LogP contribution in [0.15, 0.2) is 12.4 Å². The molecule has 1 saturated heterocycles. The smallest absolute Gasteiger partial charge is 0.134 e. The van der Waals surface area contributed by atoms with E-state index in [1.54, 1.807) is 6.07 Å². The molecule has 0 aromatic carbocycles. The first-order valence-electron chi connectivity index (χ1n) is 4.74. The zero-order chi connectivity index (χ0) is 9.97. The topological polar surface area (TPSA) is 55.0 Å². The van der Waals surface area contributed by atoms with Gasteiger partial charge in [0.2, 0.25) is 0 Å². The summed E-state index contributed by atoms with van der Waals surface area (Å²) in [4.78, 5) is 10.2. The number of piperidine rings is 1. The van der Waals surface area contributed by atoms with Crippen molar-refractivity contribution in [3.8, 4) is 0 Å². The summed E-state index contributed by atoms with van der Waals surface area (Å²) >= 11 is 5.79. The Kier molecular flexibility index (Phi) is 2.84. The van der Waals surface area contributed by atoms with E-state index in [-0.39, 0.29) is 6.04 Å². The number of aromatic nitrogens is 2. The van der Waals surface area contributed by atoms with Crippen LogP contribution in [0, 0.1) is 0 Å². The number of rotatable bonds is 1. The normalized spacial score (nSPS) is 22.4. The molecule has 2 rings (SSSR count). The van der Waals surface area contributed by atoms with Gasteiger partial charge in [0.15, 0.2) is 0 Å².